The zero-order valence-corrected chi connectivity index (χ0v) is 16.3. The molecule has 6 nitrogen and oxygen atoms in total. The number of esters is 1. The number of ether oxygens (including phenoxy) is 3. The second kappa shape index (κ2) is 10.2. The van der Waals surface area contributed by atoms with Crippen LogP contribution in [0.3, 0.4) is 0 Å². The molecule has 0 unspecified atom stereocenters. The number of hydrogen-bond acceptors (Lipinski definition) is 6. The molecule has 1 N–H and O–H groups in total. The smallest absolute Gasteiger partial charge is 0.407 e. The van der Waals surface area contributed by atoms with Crippen molar-refractivity contribution in [3.63, 3.8) is 0 Å². The van der Waals surface area contributed by atoms with Gasteiger partial charge in [0.2, 0.25) is 0 Å². The van der Waals surface area contributed by atoms with E-state index in [2.05, 4.69) is 12.2 Å². The first kappa shape index (κ1) is 21.2. The number of rotatable bonds is 8. The molecular formula is C18H27NO5S. The first-order valence-electron chi connectivity index (χ1n) is 8.21. The molecule has 0 aliphatic heterocycles. The zero-order chi connectivity index (χ0) is 18.9. The van der Waals surface area contributed by atoms with Crippen molar-refractivity contribution in [2.45, 2.75) is 44.6 Å². The van der Waals surface area contributed by atoms with Gasteiger partial charge in [-0.25, -0.2) is 9.59 Å². The van der Waals surface area contributed by atoms with E-state index in [1.807, 2.05) is 32.9 Å². The normalized spacial score (nSPS) is 10.9. The van der Waals surface area contributed by atoms with Gasteiger partial charge in [0, 0.05) is 11.4 Å². The third-order valence-corrected chi connectivity index (χ3v) is 3.79. The van der Waals surface area contributed by atoms with Gasteiger partial charge in [-0.3, -0.25) is 0 Å². The molecule has 0 heterocycles. The number of carbonyl (C=O) groups excluding carboxylic acids is 2. The Morgan fingerprint density at radius 3 is 2.56 bits per heavy atom. The van der Waals surface area contributed by atoms with E-state index < -0.39 is 17.7 Å². The van der Waals surface area contributed by atoms with Gasteiger partial charge in [-0.2, -0.15) is 0 Å². The van der Waals surface area contributed by atoms with Gasteiger partial charge in [-0.1, -0.05) is 6.92 Å². The third kappa shape index (κ3) is 8.16. The van der Waals surface area contributed by atoms with Crippen LogP contribution in [0.5, 0.6) is 5.75 Å². The molecule has 1 rings (SSSR count). The molecule has 0 fully saturated rings. The lowest BCUT2D eigenvalue weighted by Crippen LogP contribution is -2.33. The quantitative estimate of drug-likeness (QED) is 0.426. The standard InChI is InChI=1S/C18H27NO5S/c1-6-25-13-8-9-14(16(20)22-5)15(12-13)23-11-7-10-19-17(21)24-18(2,3)4/h8-9,12H,6-7,10-11H2,1-5H3,(H,19,21). The summed E-state index contributed by atoms with van der Waals surface area (Å²) in [6, 6.07) is 5.41. The molecule has 0 saturated heterocycles. The molecule has 1 aromatic rings. The van der Waals surface area contributed by atoms with E-state index in [1.165, 1.54) is 7.11 Å². The minimum absolute atomic E-state index is 0.361. The predicted molar refractivity (Wildman–Crippen MR) is 98.5 cm³/mol. The van der Waals surface area contributed by atoms with Crippen LogP contribution in [0.2, 0.25) is 0 Å². The van der Waals surface area contributed by atoms with E-state index in [9.17, 15) is 9.59 Å². The van der Waals surface area contributed by atoms with Gasteiger partial charge >= 0.3 is 12.1 Å². The number of nitrogens with one attached hydrogen (secondary N) is 1. The molecule has 1 aromatic carbocycles. The van der Waals surface area contributed by atoms with Crippen molar-refractivity contribution < 1.29 is 23.8 Å². The number of thioether (sulfide) groups is 1. The Hall–Kier alpha value is -1.89. The van der Waals surface area contributed by atoms with Crippen molar-refractivity contribution in [1.29, 1.82) is 0 Å². The molecule has 0 atom stereocenters. The van der Waals surface area contributed by atoms with Crippen molar-refractivity contribution in [3.05, 3.63) is 23.8 Å². The summed E-state index contributed by atoms with van der Waals surface area (Å²) in [5.41, 5.74) is -0.129. The van der Waals surface area contributed by atoms with Gasteiger partial charge in [0.15, 0.2) is 0 Å². The summed E-state index contributed by atoms with van der Waals surface area (Å²) < 4.78 is 15.7. The van der Waals surface area contributed by atoms with Gasteiger partial charge in [0.05, 0.1) is 13.7 Å². The van der Waals surface area contributed by atoms with Crippen LogP contribution in [0.1, 0.15) is 44.5 Å². The summed E-state index contributed by atoms with van der Waals surface area (Å²) in [5.74, 6) is 0.981. The molecule has 7 heteroatoms. The van der Waals surface area contributed by atoms with Gasteiger partial charge < -0.3 is 19.5 Å². The van der Waals surface area contributed by atoms with Crippen molar-refractivity contribution in [1.82, 2.24) is 5.32 Å². The highest BCUT2D eigenvalue weighted by Crippen LogP contribution is 2.27. The van der Waals surface area contributed by atoms with E-state index in [0.29, 0.717) is 30.9 Å². The molecule has 0 aliphatic rings. The maximum absolute atomic E-state index is 11.8. The topological polar surface area (TPSA) is 73.9 Å². The second-order valence-corrected chi connectivity index (χ2v) is 7.55. The second-order valence-electron chi connectivity index (χ2n) is 6.21. The highest BCUT2D eigenvalue weighted by molar-refractivity contribution is 7.99. The summed E-state index contributed by atoms with van der Waals surface area (Å²) in [5, 5.41) is 2.67. The molecule has 0 aromatic heterocycles. The van der Waals surface area contributed by atoms with E-state index in [1.54, 1.807) is 17.8 Å². The van der Waals surface area contributed by atoms with Crippen LogP contribution in [-0.2, 0) is 9.47 Å². The largest absolute Gasteiger partial charge is 0.493 e. The van der Waals surface area contributed by atoms with Crippen LogP contribution in [0.15, 0.2) is 23.1 Å². The zero-order valence-electron chi connectivity index (χ0n) is 15.5. The Bertz CT molecular complexity index is 583. The highest BCUT2D eigenvalue weighted by atomic mass is 32.2. The molecular weight excluding hydrogens is 342 g/mol. The van der Waals surface area contributed by atoms with E-state index >= 15 is 0 Å². The highest BCUT2D eigenvalue weighted by Gasteiger charge is 2.16. The molecule has 140 valence electrons. The average molecular weight is 369 g/mol. The number of amides is 1. The van der Waals surface area contributed by atoms with Gasteiger partial charge in [-0.15, -0.1) is 11.8 Å². The fourth-order valence-electron chi connectivity index (χ4n) is 1.92. The van der Waals surface area contributed by atoms with Crippen molar-refractivity contribution >= 4 is 23.8 Å². The molecule has 0 radical (unpaired) electrons. The summed E-state index contributed by atoms with van der Waals surface area (Å²) >= 11 is 1.66. The fourth-order valence-corrected chi connectivity index (χ4v) is 2.60. The minimum atomic E-state index is -0.520. The van der Waals surface area contributed by atoms with Crippen LogP contribution >= 0.6 is 11.8 Å². The van der Waals surface area contributed by atoms with Crippen LogP contribution in [-0.4, -0.2) is 43.7 Å². The van der Waals surface area contributed by atoms with Gasteiger partial charge in [0.25, 0.3) is 0 Å². The Balaban J connectivity index is 2.53. The van der Waals surface area contributed by atoms with Crippen molar-refractivity contribution in [2.75, 3.05) is 26.0 Å². The van der Waals surface area contributed by atoms with E-state index in [-0.39, 0.29) is 0 Å². The molecule has 0 spiro atoms. The van der Waals surface area contributed by atoms with Crippen LogP contribution in [0.4, 0.5) is 4.79 Å². The summed E-state index contributed by atoms with van der Waals surface area (Å²) in [4.78, 5) is 24.4. The molecule has 1 amide bonds. The van der Waals surface area contributed by atoms with E-state index in [0.717, 1.165) is 10.6 Å². The number of alkyl carbamates (subject to hydrolysis) is 1. The van der Waals surface area contributed by atoms with Crippen LogP contribution in [0.25, 0.3) is 0 Å². The fraction of sp³-hybridized carbons (Fsp3) is 0.556. The van der Waals surface area contributed by atoms with Crippen molar-refractivity contribution in [3.8, 4) is 5.75 Å². The lowest BCUT2D eigenvalue weighted by Gasteiger charge is -2.19. The Kier molecular flexibility index (Phi) is 8.61. The minimum Gasteiger partial charge on any atom is -0.493 e. The summed E-state index contributed by atoms with van der Waals surface area (Å²) in [7, 11) is 1.34. The lowest BCUT2D eigenvalue weighted by atomic mass is 10.2. The first-order chi connectivity index (χ1) is 11.8. The average Bonchev–Trinajstić information content (AvgIpc) is 2.52. The maximum atomic E-state index is 11.8. The molecule has 0 saturated carbocycles. The van der Waals surface area contributed by atoms with Gasteiger partial charge in [0.1, 0.15) is 16.9 Å². The van der Waals surface area contributed by atoms with Crippen LogP contribution in [0, 0.1) is 0 Å². The summed E-state index contributed by atoms with van der Waals surface area (Å²) in [6.45, 7) is 8.27. The molecule has 0 bridgehead atoms. The number of methoxy groups -OCH3 is 1. The first-order valence-corrected chi connectivity index (χ1v) is 9.20. The third-order valence-electron chi connectivity index (χ3n) is 2.92. The van der Waals surface area contributed by atoms with Crippen LogP contribution < -0.4 is 10.1 Å². The SMILES string of the molecule is CCSc1ccc(C(=O)OC)c(OCCCNC(=O)OC(C)(C)C)c1. The van der Waals surface area contributed by atoms with Crippen molar-refractivity contribution in [2.24, 2.45) is 0 Å². The monoisotopic (exact) mass is 369 g/mol. The van der Waals surface area contributed by atoms with E-state index in [4.69, 9.17) is 14.2 Å². The molecule has 25 heavy (non-hydrogen) atoms. The van der Waals surface area contributed by atoms with Gasteiger partial charge in [-0.05, 0) is 51.1 Å². The Morgan fingerprint density at radius 1 is 1.24 bits per heavy atom. The predicted octanol–water partition coefficient (Wildman–Crippen LogP) is 3.88. The lowest BCUT2D eigenvalue weighted by molar-refractivity contribution is 0.0525. The number of carbonyl (C=O) groups is 2. The summed E-state index contributed by atoms with van der Waals surface area (Å²) in [6.07, 6.45) is 0.134. The Labute approximate surface area is 153 Å². The maximum Gasteiger partial charge on any atom is 0.407 e. The number of hydrogen-bond donors (Lipinski definition) is 1. The molecule has 0 aliphatic carbocycles. The Morgan fingerprint density at radius 2 is 1.96 bits per heavy atom. The number of benzene rings is 1.